The molecule has 1 saturated heterocycles. The second-order valence-corrected chi connectivity index (χ2v) is 4.62. The van der Waals surface area contributed by atoms with Gasteiger partial charge in [0.05, 0.1) is 24.6 Å². The molecule has 1 aliphatic rings. The van der Waals surface area contributed by atoms with E-state index < -0.39 is 0 Å². The second kappa shape index (κ2) is 4.83. The predicted molar refractivity (Wildman–Crippen MR) is 58.0 cm³/mol. The number of nitrogens with zero attached hydrogens (tertiary/aromatic N) is 1. The Balaban J connectivity index is 1.96. The predicted octanol–water partition coefficient (Wildman–Crippen LogP) is 0.489. The fourth-order valence-corrected chi connectivity index (χ4v) is 2.39. The fourth-order valence-electron chi connectivity index (χ4n) is 1.79. The van der Waals surface area contributed by atoms with E-state index in [4.69, 9.17) is 4.74 Å². The smallest absolute Gasteiger partial charge is 0.145 e. The van der Waals surface area contributed by atoms with Gasteiger partial charge in [-0.2, -0.15) is 0 Å². The number of Topliss-reactive ketones (excluding diaryl/α,β-unsaturated/α-hetero) is 1. The van der Waals surface area contributed by atoms with Crippen molar-refractivity contribution in [2.75, 3.05) is 20.3 Å². The average Bonchev–Trinajstić information content (AvgIpc) is 2.86. The summed E-state index contributed by atoms with van der Waals surface area (Å²) in [6.07, 6.45) is 2.24. The molecule has 2 atom stereocenters. The highest BCUT2D eigenvalue weighted by Gasteiger charge is 2.32. The van der Waals surface area contributed by atoms with Crippen molar-refractivity contribution in [1.82, 2.24) is 10.3 Å². The number of nitrogens with one attached hydrogen (secondary N) is 1. The molecule has 0 amide bonds. The number of ketones is 1. The molecule has 4 nitrogen and oxygen atoms in total. The summed E-state index contributed by atoms with van der Waals surface area (Å²) in [7, 11) is 1.87. The van der Waals surface area contributed by atoms with Crippen LogP contribution in [0.4, 0.5) is 0 Å². The van der Waals surface area contributed by atoms with Crippen LogP contribution in [0.2, 0.25) is 0 Å². The topological polar surface area (TPSA) is 51.2 Å². The maximum atomic E-state index is 11.9. The molecule has 15 heavy (non-hydrogen) atoms. The van der Waals surface area contributed by atoms with Gasteiger partial charge in [-0.15, -0.1) is 11.3 Å². The lowest BCUT2D eigenvalue weighted by Gasteiger charge is -2.14. The molecule has 1 aliphatic heterocycles. The van der Waals surface area contributed by atoms with Gasteiger partial charge < -0.3 is 10.1 Å². The van der Waals surface area contributed by atoms with Crippen LogP contribution in [0.1, 0.15) is 4.88 Å². The van der Waals surface area contributed by atoms with Crippen LogP contribution in [0.3, 0.4) is 0 Å². The molecule has 0 saturated carbocycles. The van der Waals surface area contributed by atoms with Crippen LogP contribution >= 0.6 is 11.3 Å². The van der Waals surface area contributed by atoms with E-state index in [0.717, 1.165) is 4.88 Å². The number of carbonyl (C=O) groups excluding carboxylic acids is 1. The van der Waals surface area contributed by atoms with Crippen molar-refractivity contribution in [3.05, 3.63) is 16.6 Å². The Labute approximate surface area is 92.7 Å². The molecular weight excluding hydrogens is 212 g/mol. The first kappa shape index (κ1) is 10.7. The Morgan fingerprint density at radius 1 is 1.73 bits per heavy atom. The van der Waals surface area contributed by atoms with Crippen LogP contribution in [-0.4, -0.2) is 37.1 Å². The highest BCUT2D eigenvalue weighted by atomic mass is 32.1. The summed E-state index contributed by atoms with van der Waals surface area (Å²) in [4.78, 5) is 16.9. The van der Waals surface area contributed by atoms with Gasteiger partial charge in [-0.25, -0.2) is 0 Å². The zero-order valence-electron chi connectivity index (χ0n) is 8.60. The Morgan fingerprint density at radius 3 is 3.27 bits per heavy atom. The van der Waals surface area contributed by atoms with Gasteiger partial charge in [-0.05, 0) is 7.05 Å². The van der Waals surface area contributed by atoms with Crippen molar-refractivity contribution in [3.8, 4) is 0 Å². The minimum absolute atomic E-state index is 0.00269. The Bertz CT molecular complexity index is 326. The largest absolute Gasteiger partial charge is 0.379 e. The highest BCUT2D eigenvalue weighted by Crippen LogP contribution is 2.18. The van der Waals surface area contributed by atoms with Crippen LogP contribution in [0.5, 0.6) is 0 Å². The van der Waals surface area contributed by atoms with E-state index in [9.17, 15) is 4.79 Å². The van der Waals surface area contributed by atoms with E-state index in [1.807, 2.05) is 7.05 Å². The number of likely N-dealkylation sites (N-methyl/N-ethyl adjacent to an activating group) is 1. The third kappa shape index (κ3) is 2.42. The van der Waals surface area contributed by atoms with Crippen molar-refractivity contribution in [2.24, 2.45) is 5.92 Å². The summed E-state index contributed by atoms with van der Waals surface area (Å²) >= 11 is 1.53. The Kier molecular flexibility index (Phi) is 3.45. The van der Waals surface area contributed by atoms with Gasteiger partial charge in [0.25, 0.3) is 0 Å². The third-order valence-corrected chi connectivity index (χ3v) is 3.48. The van der Waals surface area contributed by atoms with Crippen LogP contribution < -0.4 is 5.32 Å². The first-order valence-electron chi connectivity index (χ1n) is 4.96. The van der Waals surface area contributed by atoms with Crippen molar-refractivity contribution in [2.45, 2.75) is 12.5 Å². The molecule has 0 aromatic carbocycles. The molecule has 2 rings (SSSR count). The van der Waals surface area contributed by atoms with Crippen molar-refractivity contribution < 1.29 is 9.53 Å². The molecule has 1 aromatic rings. The number of rotatable bonds is 4. The van der Waals surface area contributed by atoms with Crippen LogP contribution in [0.15, 0.2) is 11.7 Å². The lowest BCUT2D eigenvalue weighted by molar-refractivity contribution is -0.122. The molecular formula is C10H14N2O2S. The van der Waals surface area contributed by atoms with E-state index in [1.54, 1.807) is 11.7 Å². The molecule has 0 aliphatic carbocycles. The molecule has 2 unspecified atom stereocenters. The minimum atomic E-state index is -0.00269. The van der Waals surface area contributed by atoms with Gasteiger partial charge in [0, 0.05) is 23.5 Å². The van der Waals surface area contributed by atoms with E-state index >= 15 is 0 Å². The van der Waals surface area contributed by atoms with Crippen LogP contribution in [0.25, 0.3) is 0 Å². The van der Waals surface area contributed by atoms with Crippen molar-refractivity contribution in [3.63, 3.8) is 0 Å². The molecule has 1 aromatic heterocycles. The first-order valence-corrected chi connectivity index (χ1v) is 5.84. The molecule has 1 N–H and O–H groups in total. The van der Waals surface area contributed by atoms with E-state index in [1.165, 1.54) is 11.3 Å². The zero-order valence-corrected chi connectivity index (χ0v) is 9.42. The maximum absolute atomic E-state index is 11.9. The van der Waals surface area contributed by atoms with Gasteiger partial charge in [0.15, 0.2) is 0 Å². The Morgan fingerprint density at radius 2 is 2.60 bits per heavy atom. The molecule has 0 spiro atoms. The summed E-state index contributed by atoms with van der Waals surface area (Å²) in [6.45, 7) is 1.18. The lowest BCUT2D eigenvalue weighted by atomic mass is 9.96. The molecule has 82 valence electrons. The molecule has 2 heterocycles. The highest BCUT2D eigenvalue weighted by molar-refractivity contribution is 7.09. The third-order valence-electron chi connectivity index (χ3n) is 2.70. The number of ether oxygens (including phenoxy) is 1. The average molecular weight is 226 g/mol. The van der Waals surface area contributed by atoms with Gasteiger partial charge in [0.1, 0.15) is 5.78 Å². The first-order chi connectivity index (χ1) is 7.31. The number of hydrogen-bond acceptors (Lipinski definition) is 5. The minimum Gasteiger partial charge on any atom is -0.379 e. The van der Waals surface area contributed by atoms with Gasteiger partial charge in [0.2, 0.25) is 0 Å². The van der Waals surface area contributed by atoms with Crippen molar-refractivity contribution >= 4 is 17.1 Å². The van der Waals surface area contributed by atoms with Crippen molar-refractivity contribution in [1.29, 1.82) is 0 Å². The standard InChI is InChI=1S/C10H14N2O2S/c1-11-9-5-14-4-8(9)10(13)2-7-3-12-6-15-7/h3,6,8-9,11H,2,4-5H2,1H3. The Hall–Kier alpha value is -0.780. The van der Waals surface area contributed by atoms with Gasteiger partial charge in [-0.1, -0.05) is 0 Å². The monoisotopic (exact) mass is 226 g/mol. The lowest BCUT2D eigenvalue weighted by Crippen LogP contribution is -2.37. The summed E-state index contributed by atoms with van der Waals surface area (Å²) < 4.78 is 5.31. The van der Waals surface area contributed by atoms with Crippen LogP contribution in [0, 0.1) is 5.92 Å². The van der Waals surface area contributed by atoms with Gasteiger partial charge >= 0.3 is 0 Å². The summed E-state index contributed by atoms with van der Waals surface area (Å²) in [5, 5.41) is 3.12. The fraction of sp³-hybridized carbons (Fsp3) is 0.600. The molecule has 0 radical (unpaired) electrons. The van der Waals surface area contributed by atoms with Crippen LogP contribution in [-0.2, 0) is 16.0 Å². The summed E-state index contributed by atoms with van der Waals surface area (Å²) in [5.41, 5.74) is 1.75. The molecule has 5 heteroatoms. The van der Waals surface area contributed by atoms with E-state index in [-0.39, 0.29) is 17.7 Å². The SMILES string of the molecule is CNC1COCC1C(=O)Cc1cncs1. The molecule has 0 bridgehead atoms. The van der Waals surface area contributed by atoms with E-state index in [2.05, 4.69) is 10.3 Å². The number of thiazole rings is 1. The van der Waals surface area contributed by atoms with E-state index in [0.29, 0.717) is 19.6 Å². The quantitative estimate of drug-likeness (QED) is 0.811. The zero-order chi connectivity index (χ0) is 10.7. The normalized spacial score (nSPS) is 25.7. The second-order valence-electron chi connectivity index (χ2n) is 3.65. The molecule has 1 fully saturated rings. The summed E-state index contributed by atoms with van der Waals surface area (Å²) in [6, 6.07) is 0.172. The summed E-state index contributed by atoms with van der Waals surface area (Å²) in [5.74, 6) is 0.244. The van der Waals surface area contributed by atoms with Gasteiger partial charge in [-0.3, -0.25) is 9.78 Å². The number of hydrogen-bond donors (Lipinski definition) is 1. The number of aromatic nitrogens is 1. The number of carbonyl (C=O) groups is 1. The maximum Gasteiger partial charge on any atom is 0.145 e.